The third-order valence-corrected chi connectivity index (χ3v) is 4.68. The van der Waals surface area contributed by atoms with Crippen LogP contribution in [0.4, 0.5) is 0 Å². The van der Waals surface area contributed by atoms with Gasteiger partial charge < -0.3 is 9.47 Å². The summed E-state index contributed by atoms with van der Waals surface area (Å²) in [5, 5.41) is 0. The summed E-state index contributed by atoms with van der Waals surface area (Å²) in [7, 11) is 0. The molecule has 0 N–H and O–H groups in total. The van der Waals surface area contributed by atoms with Gasteiger partial charge in [-0.2, -0.15) is 0 Å². The van der Waals surface area contributed by atoms with E-state index in [1.165, 1.54) is 6.20 Å². The molecule has 1 aliphatic heterocycles. The molecule has 4 heterocycles. The number of imidazole rings is 1. The van der Waals surface area contributed by atoms with Crippen LogP contribution in [0.25, 0.3) is 0 Å². The maximum absolute atomic E-state index is 12.7. The fourth-order valence-corrected chi connectivity index (χ4v) is 3.45. The Kier molecular flexibility index (Phi) is 4.68. The van der Waals surface area contributed by atoms with Gasteiger partial charge in [-0.1, -0.05) is 6.07 Å². The molecule has 0 radical (unpaired) electrons. The molecular formula is C19H20N6O. The zero-order valence-electron chi connectivity index (χ0n) is 14.4. The molecule has 132 valence electrons. The van der Waals surface area contributed by atoms with Crippen molar-refractivity contribution in [3.8, 4) is 0 Å². The van der Waals surface area contributed by atoms with Gasteiger partial charge in [-0.3, -0.25) is 14.8 Å². The minimum absolute atomic E-state index is 0.0619. The van der Waals surface area contributed by atoms with Gasteiger partial charge in [0.1, 0.15) is 11.5 Å². The van der Waals surface area contributed by atoms with Crippen molar-refractivity contribution in [2.45, 2.75) is 25.3 Å². The fraction of sp³-hybridized carbons (Fsp3) is 0.316. The molecule has 0 aliphatic carbocycles. The number of piperidine rings is 1. The Hall–Kier alpha value is -3.09. The van der Waals surface area contributed by atoms with E-state index >= 15 is 0 Å². The Bertz CT molecular complexity index is 864. The normalized spacial score (nSPS) is 17.2. The third kappa shape index (κ3) is 3.46. The highest BCUT2D eigenvalue weighted by atomic mass is 16.2. The molecule has 1 amide bonds. The second kappa shape index (κ2) is 7.43. The van der Waals surface area contributed by atoms with Crippen molar-refractivity contribution in [2.24, 2.45) is 0 Å². The molecule has 0 unspecified atom stereocenters. The van der Waals surface area contributed by atoms with Crippen molar-refractivity contribution in [3.63, 3.8) is 0 Å². The van der Waals surface area contributed by atoms with E-state index in [9.17, 15) is 4.79 Å². The van der Waals surface area contributed by atoms with Gasteiger partial charge in [0.05, 0.1) is 12.7 Å². The van der Waals surface area contributed by atoms with E-state index in [0.29, 0.717) is 12.2 Å². The van der Waals surface area contributed by atoms with E-state index in [0.717, 1.165) is 37.3 Å². The minimum Gasteiger partial charge on any atom is -0.337 e. The van der Waals surface area contributed by atoms with Crippen molar-refractivity contribution < 1.29 is 4.79 Å². The summed E-state index contributed by atoms with van der Waals surface area (Å²) in [6.45, 7) is 2.13. The minimum atomic E-state index is -0.0619. The van der Waals surface area contributed by atoms with Gasteiger partial charge in [-0.25, -0.2) is 9.97 Å². The predicted molar refractivity (Wildman–Crippen MR) is 95.5 cm³/mol. The largest absolute Gasteiger partial charge is 0.337 e. The Morgan fingerprint density at radius 1 is 1.12 bits per heavy atom. The first-order chi connectivity index (χ1) is 12.8. The van der Waals surface area contributed by atoms with Crippen LogP contribution in [0.15, 0.2) is 55.5 Å². The number of rotatable bonds is 4. The van der Waals surface area contributed by atoms with E-state index in [4.69, 9.17) is 0 Å². The summed E-state index contributed by atoms with van der Waals surface area (Å²) in [6, 6.07) is 4.00. The van der Waals surface area contributed by atoms with Crippen LogP contribution in [0.3, 0.4) is 0 Å². The number of hydrogen-bond acceptors (Lipinski definition) is 5. The van der Waals surface area contributed by atoms with Crippen LogP contribution < -0.4 is 0 Å². The monoisotopic (exact) mass is 348 g/mol. The molecular weight excluding hydrogens is 328 g/mol. The van der Waals surface area contributed by atoms with Crippen molar-refractivity contribution in [1.82, 2.24) is 29.4 Å². The molecule has 3 aromatic heterocycles. The summed E-state index contributed by atoms with van der Waals surface area (Å²) in [5.74, 6) is 1.18. The second-order valence-electron chi connectivity index (χ2n) is 6.46. The molecule has 0 aromatic carbocycles. The van der Waals surface area contributed by atoms with Crippen molar-refractivity contribution in [2.75, 3.05) is 13.1 Å². The number of pyridine rings is 1. The quantitative estimate of drug-likeness (QED) is 0.722. The van der Waals surface area contributed by atoms with Crippen molar-refractivity contribution >= 4 is 5.91 Å². The Morgan fingerprint density at radius 2 is 2.04 bits per heavy atom. The van der Waals surface area contributed by atoms with Crippen LogP contribution in [0, 0.1) is 0 Å². The number of likely N-dealkylation sites (tertiary alicyclic amines) is 1. The molecule has 0 spiro atoms. The van der Waals surface area contributed by atoms with Crippen molar-refractivity contribution in [1.29, 1.82) is 0 Å². The van der Waals surface area contributed by atoms with Crippen LogP contribution in [-0.2, 0) is 6.54 Å². The summed E-state index contributed by atoms with van der Waals surface area (Å²) in [4.78, 5) is 31.4. The number of nitrogens with zero attached hydrogens (tertiary/aromatic N) is 6. The lowest BCUT2D eigenvalue weighted by Gasteiger charge is -2.32. The van der Waals surface area contributed by atoms with Gasteiger partial charge in [0.15, 0.2) is 0 Å². The predicted octanol–water partition coefficient (Wildman–Crippen LogP) is 2.14. The van der Waals surface area contributed by atoms with E-state index in [-0.39, 0.29) is 11.8 Å². The second-order valence-corrected chi connectivity index (χ2v) is 6.46. The van der Waals surface area contributed by atoms with E-state index in [1.807, 2.05) is 29.6 Å². The van der Waals surface area contributed by atoms with Crippen LogP contribution >= 0.6 is 0 Å². The number of hydrogen-bond donors (Lipinski definition) is 0. The van der Waals surface area contributed by atoms with E-state index < -0.39 is 0 Å². The van der Waals surface area contributed by atoms with Gasteiger partial charge in [-0.15, -0.1) is 0 Å². The van der Waals surface area contributed by atoms with Crippen LogP contribution in [0.1, 0.15) is 40.6 Å². The summed E-state index contributed by atoms with van der Waals surface area (Å²) < 4.78 is 2.15. The number of aromatic nitrogens is 5. The Balaban J connectivity index is 1.50. The van der Waals surface area contributed by atoms with Crippen molar-refractivity contribution in [3.05, 3.63) is 72.6 Å². The number of amides is 1. The molecule has 0 saturated carbocycles. The zero-order valence-corrected chi connectivity index (χ0v) is 14.4. The van der Waals surface area contributed by atoms with Gasteiger partial charge in [0, 0.05) is 56.2 Å². The molecule has 1 saturated heterocycles. The highest BCUT2D eigenvalue weighted by molar-refractivity contribution is 5.92. The lowest BCUT2D eigenvalue weighted by atomic mass is 9.96. The standard InChI is InChI=1S/C19H20N6O/c26-19(17-12-21-6-7-22-17)25-9-2-4-16(14-25)18-23-8-10-24(18)13-15-3-1-5-20-11-15/h1,3,5-8,10-12,16H,2,4,9,13-14H2/t16-/m1/s1. The SMILES string of the molecule is O=C(c1cnccn1)N1CCC[C@@H](c2nccn2Cc2cccnc2)C1. The third-order valence-electron chi connectivity index (χ3n) is 4.68. The lowest BCUT2D eigenvalue weighted by Crippen LogP contribution is -2.40. The van der Waals surface area contributed by atoms with Gasteiger partial charge in [0.25, 0.3) is 5.91 Å². The molecule has 1 fully saturated rings. The molecule has 7 heteroatoms. The van der Waals surface area contributed by atoms with Crippen LogP contribution in [0.2, 0.25) is 0 Å². The van der Waals surface area contributed by atoms with E-state index in [1.54, 1.807) is 18.6 Å². The first-order valence-corrected chi connectivity index (χ1v) is 8.76. The molecule has 0 bridgehead atoms. The maximum atomic E-state index is 12.7. The molecule has 7 nitrogen and oxygen atoms in total. The maximum Gasteiger partial charge on any atom is 0.274 e. The summed E-state index contributed by atoms with van der Waals surface area (Å²) in [5.41, 5.74) is 1.53. The van der Waals surface area contributed by atoms with E-state index in [2.05, 4.69) is 30.6 Å². The molecule has 26 heavy (non-hydrogen) atoms. The topological polar surface area (TPSA) is 76.8 Å². The Morgan fingerprint density at radius 3 is 2.85 bits per heavy atom. The molecule has 1 atom stereocenters. The first kappa shape index (κ1) is 16.4. The zero-order chi connectivity index (χ0) is 17.8. The average Bonchev–Trinajstić information content (AvgIpc) is 3.17. The van der Waals surface area contributed by atoms with Gasteiger partial charge in [-0.05, 0) is 24.5 Å². The molecule has 3 aromatic rings. The first-order valence-electron chi connectivity index (χ1n) is 8.76. The average molecular weight is 348 g/mol. The summed E-state index contributed by atoms with van der Waals surface area (Å²) in [6.07, 6.45) is 14.1. The fourth-order valence-electron chi connectivity index (χ4n) is 3.45. The van der Waals surface area contributed by atoms with Gasteiger partial charge >= 0.3 is 0 Å². The highest BCUT2D eigenvalue weighted by Gasteiger charge is 2.28. The van der Waals surface area contributed by atoms with Crippen LogP contribution in [0.5, 0.6) is 0 Å². The highest BCUT2D eigenvalue weighted by Crippen LogP contribution is 2.27. The summed E-state index contributed by atoms with van der Waals surface area (Å²) >= 11 is 0. The molecule has 4 rings (SSSR count). The molecule has 1 aliphatic rings. The lowest BCUT2D eigenvalue weighted by molar-refractivity contribution is 0.0697. The van der Waals surface area contributed by atoms with Gasteiger partial charge in [0.2, 0.25) is 0 Å². The Labute approximate surface area is 151 Å². The number of carbonyl (C=O) groups excluding carboxylic acids is 1. The van der Waals surface area contributed by atoms with Crippen LogP contribution in [-0.4, -0.2) is 48.4 Å². The smallest absolute Gasteiger partial charge is 0.274 e. The number of carbonyl (C=O) groups is 1.